The number of ketones is 1. The van der Waals surface area contributed by atoms with Crippen LogP contribution >= 0.6 is 0 Å². The van der Waals surface area contributed by atoms with E-state index in [0.29, 0.717) is 23.7 Å². The van der Waals surface area contributed by atoms with Gasteiger partial charge in [0.05, 0.1) is 13.1 Å². The SMILES string of the molecule is C#CCOc1cc(C[N+]2(CCCC)CCCCC2C(=O)Cc2c(C)cccc2C)ccc1OC(C)=O. The quantitative estimate of drug-likeness (QED) is 0.175. The number of ether oxygens (including phenoxy) is 2. The van der Waals surface area contributed by atoms with Crippen molar-refractivity contribution in [1.29, 1.82) is 0 Å². The van der Waals surface area contributed by atoms with Crippen molar-refractivity contribution < 1.29 is 23.5 Å². The summed E-state index contributed by atoms with van der Waals surface area (Å²) in [5.74, 6) is 3.23. The Balaban J connectivity index is 1.94. The lowest BCUT2D eigenvalue weighted by molar-refractivity contribution is -0.959. The minimum atomic E-state index is -0.409. The molecule has 5 heteroatoms. The molecule has 0 aliphatic carbocycles. The number of piperidine rings is 1. The summed E-state index contributed by atoms with van der Waals surface area (Å²) in [6.45, 7) is 10.5. The maximum absolute atomic E-state index is 13.9. The molecule has 0 amide bonds. The average molecular weight is 491 g/mol. The highest BCUT2D eigenvalue weighted by Gasteiger charge is 2.43. The number of Topliss-reactive ketones (excluding diaryl/α,β-unsaturated/α-hetero) is 1. The van der Waals surface area contributed by atoms with Crippen molar-refractivity contribution in [3.63, 3.8) is 0 Å². The maximum Gasteiger partial charge on any atom is 0.308 e. The van der Waals surface area contributed by atoms with Crippen molar-refractivity contribution in [1.82, 2.24) is 0 Å². The number of benzene rings is 2. The fraction of sp³-hybridized carbons (Fsp3) is 0.484. The number of nitrogens with zero attached hydrogens (tertiary/aromatic N) is 1. The van der Waals surface area contributed by atoms with Gasteiger partial charge in [0.25, 0.3) is 0 Å². The van der Waals surface area contributed by atoms with Gasteiger partial charge in [-0.15, -0.1) is 6.42 Å². The standard InChI is InChI=1S/C31H40NO4/c1-6-8-17-32(22-26-15-16-30(36-25(5)33)31(20-26)35-19-7-2)18-10-9-14-28(32)29(34)21-27-23(3)12-11-13-24(27)4/h2,11-13,15-16,20,28H,6,8-10,14,17-19,21-22H2,1,3-5H3/q+1. The molecule has 1 fully saturated rings. The van der Waals surface area contributed by atoms with Crippen LogP contribution in [-0.4, -0.2) is 42.0 Å². The van der Waals surface area contributed by atoms with Gasteiger partial charge >= 0.3 is 5.97 Å². The van der Waals surface area contributed by atoms with E-state index in [1.807, 2.05) is 12.1 Å². The molecule has 192 valence electrons. The molecule has 36 heavy (non-hydrogen) atoms. The number of hydrogen-bond acceptors (Lipinski definition) is 4. The molecule has 3 rings (SSSR count). The van der Waals surface area contributed by atoms with E-state index in [0.717, 1.165) is 67.3 Å². The highest BCUT2D eigenvalue weighted by molar-refractivity contribution is 5.85. The largest absolute Gasteiger partial charge is 0.477 e. The Bertz CT molecular complexity index is 1100. The van der Waals surface area contributed by atoms with Gasteiger partial charge in [0.1, 0.15) is 19.2 Å². The van der Waals surface area contributed by atoms with Crippen LogP contribution < -0.4 is 9.47 Å². The van der Waals surface area contributed by atoms with Crippen molar-refractivity contribution in [3.05, 3.63) is 58.7 Å². The van der Waals surface area contributed by atoms with E-state index in [2.05, 4.69) is 44.9 Å². The van der Waals surface area contributed by atoms with E-state index < -0.39 is 5.97 Å². The third-order valence-electron chi connectivity index (χ3n) is 7.39. The molecule has 2 aromatic carbocycles. The predicted octanol–water partition coefficient (Wildman–Crippen LogP) is 5.72. The van der Waals surface area contributed by atoms with Crippen molar-refractivity contribution in [2.75, 3.05) is 19.7 Å². The molecule has 0 spiro atoms. The number of hydrogen-bond donors (Lipinski definition) is 0. The topological polar surface area (TPSA) is 52.6 Å². The summed E-state index contributed by atoms with van der Waals surface area (Å²) in [5.41, 5.74) is 4.59. The molecular weight excluding hydrogens is 450 g/mol. The third kappa shape index (κ3) is 6.77. The minimum Gasteiger partial charge on any atom is -0.477 e. The summed E-state index contributed by atoms with van der Waals surface area (Å²) in [6, 6.07) is 11.9. The van der Waals surface area contributed by atoms with Crippen LogP contribution in [0.15, 0.2) is 36.4 Å². The summed E-state index contributed by atoms with van der Waals surface area (Å²) < 4.78 is 11.8. The fourth-order valence-corrected chi connectivity index (χ4v) is 5.58. The molecule has 1 aliphatic heterocycles. The molecule has 0 bridgehead atoms. The maximum atomic E-state index is 13.9. The second kappa shape index (κ2) is 12.7. The van der Waals surface area contributed by atoms with Crippen LogP contribution in [0.5, 0.6) is 11.5 Å². The summed E-state index contributed by atoms with van der Waals surface area (Å²) in [6.07, 6.45) is 11.1. The zero-order valence-electron chi connectivity index (χ0n) is 22.3. The van der Waals surface area contributed by atoms with Gasteiger partial charge in [-0.2, -0.15) is 0 Å². The van der Waals surface area contributed by atoms with Gasteiger partial charge in [0.2, 0.25) is 0 Å². The van der Waals surface area contributed by atoms with Gasteiger partial charge < -0.3 is 14.0 Å². The lowest BCUT2D eigenvalue weighted by Crippen LogP contribution is -2.61. The Labute approximate surface area is 216 Å². The van der Waals surface area contributed by atoms with Crippen LogP contribution in [0.1, 0.15) is 68.2 Å². The van der Waals surface area contributed by atoms with Crippen molar-refractivity contribution in [3.8, 4) is 23.8 Å². The van der Waals surface area contributed by atoms with E-state index in [9.17, 15) is 9.59 Å². The van der Waals surface area contributed by atoms with E-state index in [4.69, 9.17) is 15.9 Å². The second-order valence-corrected chi connectivity index (χ2v) is 10.1. The monoisotopic (exact) mass is 490 g/mol. The number of terminal acetylenes is 1. The summed E-state index contributed by atoms with van der Waals surface area (Å²) in [5, 5.41) is 0. The van der Waals surface area contributed by atoms with Crippen LogP contribution in [0.2, 0.25) is 0 Å². The first-order chi connectivity index (χ1) is 17.3. The summed E-state index contributed by atoms with van der Waals surface area (Å²) in [7, 11) is 0. The number of likely N-dealkylation sites (tertiary alicyclic amines) is 1. The number of unbranched alkanes of at least 4 members (excludes halogenated alkanes) is 1. The average Bonchev–Trinajstić information content (AvgIpc) is 2.85. The Morgan fingerprint density at radius 1 is 1.11 bits per heavy atom. The smallest absolute Gasteiger partial charge is 0.308 e. The zero-order chi connectivity index (χ0) is 26.1. The van der Waals surface area contributed by atoms with Crippen molar-refractivity contribution in [2.45, 2.75) is 78.8 Å². The molecule has 5 nitrogen and oxygen atoms in total. The van der Waals surface area contributed by atoms with Crippen LogP contribution in [0.3, 0.4) is 0 Å². The van der Waals surface area contributed by atoms with Gasteiger partial charge in [-0.3, -0.25) is 9.59 Å². The first kappa shape index (κ1) is 27.5. The van der Waals surface area contributed by atoms with E-state index in [1.165, 1.54) is 18.1 Å². The number of rotatable bonds is 11. The lowest BCUT2D eigenvalue weighted by Gasteiger charge is -2.47. The molecule has 2 atom stereocenters. The van der Waals surface area contributed by atoms with E-state index in [1.54, 1.807) is 6.07 Å². The van der Waals surface area contributed by atoms with Crippen LogP contribution in [0.4, 0.5) is 0 Å². The Kier molecular flexibility index (Phi) is 9.73. The lowest BCUT2D eigenvalue weighted by atomic mass is 9.88. The number of quaternary nitrogens is 1. The summed E-state index contributed by atoms with van der Waals surface area (Å²) >= 11 is 0. The molecule has 1 heterocycles. The molecule has 0 saturated carbocycles. The molecule has 1 saturated heterocycles. The normalized spacial score (nSPS) is 19.4. The van der Waals surface area contributed by atoms with E-state index in [-0.39, 0.29) is 12.6 Å². The van der Waals surface area contributed by atoms with Crippen LogP contribution in [0.25, 0.3) is 0 Å². The minimum absolute atomic E-state index is 0.0347. The van der Waals surface area contributed by atoms with Crippen molar-refractivity contribution >= 4 is 11.8 Å². The van der Waals surface area contributed by atoms with Crippen molar-refractivity contribution in [2.24, 2.45) is 0 Å². The third-order valence-corrected chi connectivity index (χ3v) is 7.39. The Hall–Kier alpha value is -3.10. The van der Waals surface area contributed by atoms with E-state index >= 15 is 0 Å². The Morgan fingerprint density at radius 2 is 1.86 bits per heavy atom. The van der Waals surface area contributed by atoms with Gasteiger partial charge in [-0.25, -0.2) is 0 Å². The van der Waals surface area contributed by atoms with Gasteiger partial charge in [0, 0.05) is 25.3 Å². The summed E-state index contributed by atoms with van der Waals surface area (Å²) in [4.78, 5) is 25.5. The molecule has 0 aromatic heterocycles. The second-order valence-electron chi connectivity index (χ2n) is 10.1. The van der Waals surface area contributed by atoms with Gasteiger partial charge in [-0.05, 0) is 68.0 Å². The molecular formula is C31H40NO4+. The molecule has 1 aliphatic rings. The highest BCUT2D eigenvalue weighted by atomic mass is 16.6. The molecule has 0 N–H and O–H groups in total. The number of esters is 1. The van der Waals surface area contributed by atoms with Crippen LogP contribution in [-0.2, 0) is 22.6 Å². The highest BCUT2D eigenvalue weighted by Crippen LogP contribution is 2.35. The number of carbonyl (C=O) groups excluding carboxylic acids is 2. The molecule has 2 unspecified atom stereocenters. The number of carbonyl (C=O) groups is 2. The first-order valence-electron chi connectivity index (χ1n) is 13.1. The number of aryl methyl sites for hydroxylation is 2. The molecule has 0 radical (unpaired) electrons. The molecule has 2 aromatic rings. The van der Waals surface area contributed by atoms with Gasteiger partial charge in [-0.1, -0.05) is 37.5 Å². The fourth-order valence-electron chi connectivity index (χ4n) is 5.58. The Morgan fingerprint density at radius 3 is 2.53 bits per heavy atom. The predicted molar refractivity (Wildman–Crippen MR) is 143 cm³/mol. The van der Waals surface area contributed by atoms with Gasteiger partial charge in [0.15, 0.2) is 17.3 Å². The zero-order valence-corrected chi connectivity index (χ0v) is 22.3. The first-order valence-corrected chi connectivity index (χ1v) is 13.1. The van der Waals surface area contributed by atoms with Crippen LogP contribution in [0, 0.1) is 26.2 Å².